The van der Waals surface area contributed by atoms with E-state index < -0.39 is 7.92 Å². The fourth-order valence-electron chi connectivity index (χ4n) is 3.65. The van der Waals surface area contributed by atoms with Crippen molar-refractivity contribution in [1.82, 2.24) is 4.90 Å². The SMILES string of the molecule is C[C@H]([C]1[CH][CH][CH][C]1[P@@](c1ccccc1)c1cccc2ccccc12)N(C)C. The van der Waals surface area contributed by atoms with Gasteiger partial charge in [0.15, 0.2) is 0 Å². The van der Waals surface area contributed by atoms with Gasteiger partial charge in [-0.2, -0.15) is 0 Å². The number of hydrogen-bond donors (Lipinski definition) is 0. The van der Waals surface area contributed by atoms with E-state index in [1.807, 2.05) is 0 Å². The Bertz CT molecular complexity index is 884. The molecule has 1 aliphatic carbocycles. The van der Waals surface area contributed by atoms with Crippen molar-refractivity contribution in [3.8, 4) is 0 Å². The summed E-state index contributed by atoms with van der Waals surface area (Å²) in [6, 6.07) is 26.9. The summed E-state index contributed by atoms with van der Waals surface area (Å²) in [4.78, 5) is 2.29. The fraction of sp³-hybridized carbons (Fsp3) is 0.160. The van der Waals surface area contributed by atoms with Gasteiger partial charge in [0.25, 0.3) is 0 Å². The zero-order chi connectivity index (χ0) is 18.8. The zero-order valence-electron chi connectivity index (χ0n) is 16.1. The third-order valence-corrected chi connectivity index (χ3v) is 7.89. The Labute approximate surface area is 165 Å². The maximum Gasteiger partial charge on any atom is 0.0211 e. The van der Waals surface area contributed by atoms with Gasteiger partial charge in [-0.25, -0.2) is 0 Å². The molecule has 4 rings (SSSR count). The minimum absolute atomic E-state index is 0.388. The van der Waals surface area contributed by atoms with Crippen molar-refractivity contribution in [2.24, 2.45) is 0 Å². The Balaban J connectivity index is 1.85. The average Bonchev–Trinajstić information content (AvgIpc) is 3.18. The normalized spacial score (nSPS) is 18.2. The van der Waals surface area contributed by atoms with Gasteiger partial charge in [0, 0.05) is 17.6 Å². The Hall–Kier alpha value is -1.69. The van der Waals surface area contributed by atoms with Gasteiger partial charge >= 0.3 is 0 Å². The molecule has 3 aromatic rings. The molecule has 0 amide bonds. The molecule has 1 aliphatic rings. The maximum atomic E-state index is 2.33. The Morgan fingerprint density at radius 3 is 2.26 bits per heavy atom. The Morgan fingerprint density at radius 1 is 0.778 bits per heavy atom. The van der Waals surface area contributed by atoms with Crippen LogP contribution in [0, 0.1) is 30.8 Å². The molecule has 135 valence electrons. The van der Waals surface area contributed by atoms with Gasteiger partial charge in [-0.1, -0.05) is 72.8 Å². The van der Waals surface area contributed by atoms with Crippen molar-refractivity contribution in [1.29, 1.82) is 0 Å². The van der Waals surface area contributed by atoms with Gasteiger partial charge < -0.3 is 4.90 Å². The summed E-state index contributed by atoms with van der Waals surface area (Å²) < 4.78 is 0. The number of fused-ring (bicyclic) bond motifs is 1. The second-order valence-electron chi connectivity index (χ2n) is 7.18. The lowest BCUT2D eigenvalue weighted by Gasteiger charge is -2.35. The second-order valence-corrected chi connectivity index (χ2v) is 9.33. The van der Waals surface area contributed by atoms with Crippen LogP contribution in [-0.2, 0) is 0 Å². The van der Waals surface area contributed by atoms with Crippen molar-refractivity contribution < 1.29 is 0 Å². The average molecular weight is 370 g/mol. The van der Waals surface area contributed by atoms with Crippen molar-refractivity contribution >= 4 is 29.3 Å². The van der Waals surface area contributed by atoms with Crippen LogP contribution in [0.3, 0.4) is 0 Å². The predicted octanol–water partition coefficient (Wildman–Crippen LogP) is 4.96. The molecule has 1 fully saturated rings. The summed E-state index contributed by atoms with van der Waals surface area (Å²) in [5, 5.41) is 5.52. The van der Waals surface area contributed by atoms with Crippen molar-refractivity contribution in [2.75, 3.05) is 14.1 Å². The highest BCUT2D eigenvalue weighted by Crippen LogP contribution is 2.57. The summed E-state index contributed by atoms with van der Waals surface area (Å²) in [6.45, 7) is 2.29. The summed E-state index contributed by atoms with van der Waals surface area (Å²) in [6.07, 6.45) is 6.84. The Kier molecular flexibility index (Phi) is 5.62. The first-order valence-electron chi connectivity index (χ1n) is 9.42. The molecule has 0 aliphatic heterocycles. The second kappa shape index (κ2) is 8.13. The van der Waals surface area contributed by atoms with E-state index in [4.69, 9.17) is 0 Å². The summed E-state index contributed by atoms with van der Waals surface area (Å²) in [5.74, 6) is 1.43. The van der Waals surface area contributed by atoms with Crippen LogP contribution in [-0.4, -0.2) is 25.0 Å². The van der Waals surface area contributed by atoms with E-state index in [0.717, 1.165) is 0 Å². The minimum Gasteiger partial charge on any atom is -0.306 e. The van der Waals surface area contributed by atoms with Crippen LogP contribution >= 0.6 is 7.92 Å². The van der Waals surface area contributed by atoms with Gasteiger partial charge in [-0.05, 0) is 69.6 Å². The first-order valence-corrected chi connectivity index (χ1v) is 10.8. The minimum atomic E-state index is -0.613. The van der Waals surface area contributed by atoms with E-state index in [2.05, 4.69) is 118 Å². The molecule has 1 saturated carbocycles. The van der Waals surface area contributed by atoms with Gasteiger partial charge in [-0.15, -0.1) is 0 Å². The first kappa shape index (κ1) is 18.7. The lowest BCUT2D eigenvalue weighted by Crippen LogP contribution is -2.34. The summed E-state index contributed by atoms with van der Waals surface area (Å²) in [7, 11) is 3.70. The van der Waals surface area contributed by atoms with Crippen LogP contribution in [0.5, 0.6) is 0 Å². The van der Waals surface area contributed by atoms with E-state index in [1.165, 1.54) is 33.0 Å². The monoisotopic (exact) mass is 370 g/mol. The lowest BCUT2D eigenvalue weighted by atomic mass is 9.98. The number of nitrogens with zero attached hydrogens (tertiary/aromatic N) is 1. The number of hydrogen-bond acceptors (Lipinski definition) is 1. The van der Waals surface area contributed by atoms with E-state index in [-0.39, 0.29) is 0 Å². The van der Waals surface area contributed by atoms with E-state index in [0.29, 0.717) is 6.04 Å². The summed E-state index contributed by atoms with van der Waals surface area (Å²) in [5.41, 5.74) is 1.47. The maximum absolute atomic E-state index is 2.33. The van der Waals surface area contributed by atoms with Gasteiger partial charge in [0.2, 0.25) is 0 Å². The quantitative estimate of drug-likeness (QED) is 0.574. The highest BCUT2D eigenvalue weighted by molar-refractivity contribution is 7.76. The van der Waals surface area contributed by atoms with Crippen LogP contribution in [0.4, 0.5) is 0 Å². The van der Waals surface area contributed by atoms with Crippen LogP contribution < -0.4 is 10.6 Å². The highest BCUT2D eigenvalue weighted by Gasteiger charge is 2.40. The number of rotatable bonds is 5. The molecule has 0 aromatic heterocycles. The highest BCUT2D eigenvalue weighted by atomic mass is 31.1. The Morgan fingerprint density at radius 2 is 1.48 bits per heavy atom. The zero-order valence-corrected chi connectivity index (χ0v) is 17.0. The molecule has 2 heteroatoms. The molecular formula is C25H25NP. The lowest BCUT2D eigenvalue weighted by molar-refractivity contribution is 0.333. The molecule has 0 N–H and O–H groups in total. The van der Waals surface area contributed by atoms with Gasteiger partial charge in [-0.3, -0.25) is 0 Å². The molecule has 0 unspecified atom stereocenters. The van der Waals surface area contributed by atoms with Crippen molar-refractivity contribution in [3.63, 3.8) is 0 Å². The molecule has 0 heterocycles. The third-order valence-electron chi connectivity index (χ3n) is 5.31. The largest absolute Gasteiger partial charge is 0.306 e. The van der Waals surface area contributed by atoms with E-state index in [1.54, 1.807) is 0 Å². The molecule has 0 saturated heterocycles. The molecule has 27 heavy (non-hydrogen) atoms. The van der Waals surface area contributed by atoms with Gasteiger partial charge in [0.05, 0.1) is 0 Å². The molecule has 5 radical (unpaired) electrons. The predicted molar refractivity (Wildman–Crippen MR) is 119 cm³/mol. The van der Waals surface area contributed by atoms with Crippen molar-refractivity contribution in [3.05, 3.63) is 104 Å². The first-order chi connectivity index (χ1) is 13.2. The van der Waals surface area contributed by atoms with Crippen molar-refractivity contribution in [2.45, 2.75) is 13.0 Å². The third kappa shape index (κ3) is 3.68. The topological polar surface area (TPSA) is 3.24 Å². The molecule has 1 nitrogen and oxygen atoms in total. The standard InChI is InChI=1S/C25H25NP/c1-19(26(2)3)22-16-10-18-24(22)27(21-13-5-4-6-14-21)25-17-9-12-20-11-7-8-15-23(20)25/h4-19H,1-3H3/t19-,27-/m1/s1. The van der Waals surface area contributed by atoms with Crippen LogP contribution in [0.2, 0.25) is 0 Å². The summed E-state index contributed by atoms with van der Waals surface area (Å²) >= 11 is 0. The molecular weight excluding hydrogens is 345 g/mol. The van der Waals surface area contributed by atoms with E-state index in [9.17, 15) is 0 Å². The molecule has 0 bridgehead atoms. The molecule has 2 atom stereocenters. The van der Waals surface area contributed by atoms with Crippen LogP contribution in [0.15, 0.2) is 72.8 Å². The fourth-order valence-corrected chi connectivity index (χ4v) is 6.37. The van der Waals surface area contributed by atoms with Crippen LogP contribution in [0.25, 0.3) is 10.8 Å². The van der Waals surface area contributed by atoms with Gasteiger partial charge in [0.1, 0.15) is 0 Å². The van der Waals surface area contributed by atoms with E-state index >= 15 is 0 Å². The van der Waals surface area contributed by atoms with Crippen LogP contribution in [0.1, 0.15) is 6.92 Å². The molecule has 3 aromatic carbocycles. The number of benzene rings is 3. The smallest absolute Gasteiger partial charge is 0.0211 e. The molecule has 0 spiro atoms.